The lowest BCUT2D eigenvalue weighted by atomic mass is 9.81. The van der Waals surface area contributed by atoms with Crippen molar-refractivity contribution in [2.75, 3.05) is 0 Å². The van der Waals surface area contributed by atoms with E-state index in [0.29, 0.717) is 0 Å². The highest BCUT2D eigenvalue weighted by Gasteiger charge is 2.22. The second-order valence-corrected chi connectivity index (χ2v) is 5.19. The van der Waals surface area contributed by atoms with Crippen LogP contribution in [0.4, 0.5) is 0 Å². The maximum atomic E-state index is 10.9. The molecule has 1 rings (SSSR count). The first-order valence-corrected chi connectivity index (χ1v) is 6.31. The van der Waals surface area contributed by atoms with Gasteiger partial charge in [-0.25, -0.2) is 0 Å². The van der Waals surface area contributed by atoms with Crippen LogP contribution in [0.2, 0.25) is 0 Å². The zero-order chi connectivity index (χ0) is 14.6. The van der Waals surface area contributed by atoms with E-state index < -0.39 is 17.9 Å². The number of rotatable bonds is 6. The lowest BCUT2D eigenvalue weighted by Gasteiger charge is -2.28. The summed E-state index contributed by atoms with van der Waals surface area (Å²) < 4.78 is 0. The summed E-state index contributed by atoms with van der Waals surface area (Å²) in [5.41, 5.74) is 2.04. The maximum Gasteiger partial charge on any atom is 0.0501 e. The molecular formula is C15H18O4-2. The Balaban J connectivity index is 2.98. The molecule has 0 saturated heterocycles. The molecule has 0 N–H and O–H groups in total. The molecule has 0 amide bonds. The minimum atomic E-state index is -1.59. The SMILES string of the molecule is Cc1ccc(C(CC(C(=O)[O-])C(=O)[O-])C(C)C)cc1. The number of benzene rings is 1. The number of hydrogen-bond acceptors (Lipinski definition) is 4. The Labute approximate surface area is 113 Å². The van der Waals surface area contributed by atoms with Crippen molar-refractivity contribution in [2.24, 2.45) is 11.8 Å². The Hall–Kier alpha value is -1.84. The lowest BCUT2D eigenvalue weighted by molar-refractivity contribution is -0.332. The maximum absolute atomic E-state index is 10.9. The highest BCUT2D eigenvalue weighted by molar-refractivity contribution is 5.90. The smallest absolute Gasteiger partial charge is 0.0501 e. The topological polar surface area (TPSA) is 80.3 Å². The highest BCUT2D eigenvalue weighted by atomic mass is 16.4. The van der Waals surface area contributed by atoms with Crippen molar-refractivity contribution in [3.8, 4) is 0 Å². The van der Waals surface area contributed by atoms with Gasteiger partial charge in [0, 0.05) is 5.92 Å². The van der Waals surface area contributed by atoms with E-state index >= 15 is 0 Å². The molecule has 1 unspecified atom stereocenters. The number of aryl methyl sites for hydroxylation is 1. The minimum Gasteiger partial charge on any atom is -0.549 e. The van der Waals surface area contributed by atoms with Gasteiger partial charge in [-0.1, -0.05) is 43.7 Å². The third kappa shape index (κ3) is 4.09. The van der Waals surface area contributed by atoms with Crippen molar-refractivity contribution in [1.29, 1.82) is 0 Å². The van der Waals surface area contributed by atoms with Crippen LogP contribution in [0.15, 0.2) is 24.3 Å². The first-order valence-electron chi connectivity index (χ1n) is 6.31. The number of carbonyl (C=O) groups excluding carboxylic acids is 2. The lowest BCUT2D eigenvalue weighted by Crippen LogP contribution is -2.44. The van der Waals surface area contributed by atoms with E-state index in [0.717, 1.165) is 11.1 Å². The van der Waals surface area contributed by atoms with Gasteiger partial charge in [-0.15, -0.1) is 0 Å². The van der Waals surface area contributed by atoms with Crippen LogP contribution in [0.3, 0.4) is 0 Å². The Morgan fingerprint density at radius 3 is 1.89 bits per heavy atom. The average Bonchev–Trinajstić information content (AvgIpc) is 2.30. The van der Waals surface area contributed by atoms with Gasteiger partial charge < -0.3 is 19.8 Å². The van der Waals surface area contributed by atoms with Crippen LogP contribution in [0.25, 0.3) is 0 Å². The molecule has 4 heteroatoms. The fourth-order valence-corrected chi connectivity index (χ4v) is 2.15. The number of carboxylic acids is 2. The number of aliphatic carboxylic acids is 2. The van der Waals surface area contributed by atoms with E-state index in [2.05, 4.69) is 0 Å². The van der Waals surface area contributed by atoms with Gasteiger partial charge in [0.25, 0.3) is 0 Å². The Morgan fingerprint density at radius 1 is 1.05 bits per heavy atom. The third-order valence-electron chi connectivity index (χ3n) is 3.37. The second-order valence-electron chi connectivity index (χ2n) is 5.19. The van der Waals surface area contributed by atoms with E-state index in [1.54, 1.807) is 0 Å². The first kappa shape index (κ1) is 15.2. The number of carbonyl (C=O) groups is 2. The van der Waals surface area contributed by atoms with Crippen LogP contribution in [0.1, 0.15) is 37.3 Å². The zero-order valence-electron chi connectivity index (χ0n) is 11.4. The van der Waals surface area contributed by atoms with Crippen LogP contribution >= 0.6 is 0 Å². The van der Waals surface area contributed by atoms with Gasteiger partial charge in [0.1, 0.15) is 0 Å². The summed E-state index contributed by atoms with van der Waals surface area (Å²) >= 11 is 0. The van der Waals surface area contributed by atoms with Crippen molar-refractivity contribution in [2.45, 2.75) is 33.1 Å². The van der Waals surface area contributed by atoms with Crippen LogP contribution in [0.5, 0.6) is 0 Å². The molecule has 0 spiro atoms. The molecule has 0 bridgehead atoms. The first-order chi connectivity index (χ1) is 8.82. The van der Waals surface area contributed by atoms with Crippen LogP contribution < -0.4 is 10.2 Å². The van der Waals surface area contributed by atoms with Gasteiger partial charge in [-0.2, -0.15) is 0 Å². The molecule has 19 heavy (non-hydrogen) atoms. The molecule has 1 aromatic carbocycles. The van der Waals surface area contributed by atoms with Gasteiger partial charge in [0.15, 0.2) is 0 Å². The molecule has 4 nitrogen and oxygen atoms in total. The van der Waals surface area contributed by atoms with E-state index in [4.69, 9.17) is 0 Å². The van der Waals surface area contributed by atoms with Gasteiger partial charge in [-0.3, -0.25) is 0 Å². The molecule has 1 aromatic rings. The van der Waals surface area contributed by atoms with Gasteiger partial charge >= 0.3 is 0 Å². The van der Waals surface area contributed by atoms with Crippen molar-refractivity contribution in [1.82, 2.24) is 0 Å². The molecule has 0 aliphatic carbocycles. The minimum absolute atomic E-state index is 0.00854. The highest BCUT2D eigenvalue weighted by Crippen LogP contribution is 2.31. The van der Waals surface area contributed by atoms with Crippen LogP contribution in [0, 0.1) is 18.8 Å². The summed E-state index contributed by atoms with van der Waals surface area (Å²) in [6.45, 7) is 5.83. The van der Waals surface area contributed by atoms with E-state index in [1.807, 2.05) is 45.0 Å². The number of carboxylic acid groups (broad SMARTS) is 2. The normalized spacial score (nSPS) is 12.7. The molecule has 1 atom stereocenters. The van der Waals surface area contributed by atoms with Crippen LogP contribution in [-0.2, 0) is 9.59 Å². The fourth-order valence-electron chi connectivity index (χ4n) is 2.15. The zero-order valence-corrected chi connectivity index (χ0v) is 11.4. The summed E-state index contributed by atoms with van der Waals surface area (Å²) in [6.07, 6.45) is -0.00854. The van der Waals surface area contributed by atoms with Gasteiger partial charge in [0.2, 0.25) is 0 Å². The standard InChI is InChI=1S/C15H20O4/c1-9(2)12(8-13(14(16)17)15(18)19)11-6-4-10(3)5-7-11/h4-7,9,12-13H,8H2,1-3H3,(H,16,17)(H,18,19)/p-2. The third-order valence-corrected chi connectivity index (χ3v) is 3.37. The summed E-state index contributed by atoms with van der Waals surface area (Å²) in [5.74, 6) is -4.77. The summed E-state index contributed by atoms with van der Waals surface area (Å²) in [5, 5.41) is 21.7. The number of hydrogen-bond donors (Lipinski definition) is 0. The Morgan fingerprint density at radius 2 is 1.53 bits per heavy atom. The molecule has 0 aromatic heterocycles. The van der Waals surface area contributed by atoms with Crippen molar-refractivity contribution < 1.29 is 19.8 Å². The quantitative estimate of drug-likeness (QED) is 0.688. The summed E-state index contributed by atoms with van der Waals surface area (Å²) in [7, 11) is 0. The van der Waals surface area contributed by atoms with E-state index in [9.17, 15) is 19.8 Å². The molecule has 0 radical (unpaired) electrons. The monoisotopic (exact) mass is 262 g/mol. The molecule has 104 valence electrons. The van der Waals surface area contributed by atoms with Crippen molar-refractivity contribution in [3.05, 3.63) is 35.4 Å². The van der Waals surface area contributed by atoms with Crippen molar-refractivity contribution in [3.63, 3.8) is 0 Å². The summed E-state index contributed by atoms with van der Waals surface area (Å²) in [6, 6.07) is 7.67. The Kier molecular flexibility index (Phi) is 5.10. The molecule has 0 heterocycles. The van der Waals surface area contributed by atoms with Crippen molar-refractivity contribution >= 4 is 11.9 Å². The molecule has 0 fully saturated rings. The van der Waals surface area contributed by atoms with E-state index in [1.165, 1.54) is 0 Å². The van der Waals surface area contributed by atoms with Crippen LogP contribution in [-0.4, -0.2) is 11.9 Å². The summed E-state index contributed by atoms with van der Waals surface area (Å²) in [4.78, 5) is 21.7. The largest absolute Gasteiger partial charge is 0.549 e. The molecule has 0 aliphatic heterocycles. The molecule has 0 aliphatic rings. The second kappa shape index (κ2) is 6.36. The predicted molar refractivity (Wildman–Crippen MR) is 66.9 cm³/mol. The fraction of sp³-hybridized carbons (Fsp3) is 0.467. The average molecular weight is 262 g/mol. The van der Waals surface area contributed by atoms with Gasteiger partial charge in [-0.05, 0) is 30.7 Å². The Bertz CT molecular complexity index is 434. The molecular weight excluding hydrogens is 244 g/mol. The van der Waals surface area contributed by atoms with Gasteiger partial charge in [0.05, 0.1) is 11.9 Å². The predicted octanol–water partition coefficient (Wildman–Crippen LogP) is 0.241. The molecule has 0 saturated carbocycles. The van der Waals surface area contributed by atoms with E-state index in [-0.39, 0.29) is 18.3 Å².